The molecule has 2 saturated heterocycles. The number of amides is 2. The third-order valence-corrected chi connectivity index (χ3v) is 5.58. The van der Waals surface area contributed by atoms with Crippen LogP contribution in [0.2, 0.25) is 0 Å². The van der Waals surface area contributed by atoms with Crippen molar-refractivity contribution in [3.63, 3.8) is 0 Å². The second kappa shape index (κ2) is 15.1. The molecule has 11 heteroatoms. The third kappa shape index (κ3) is 9.14. The minimum atomic E-state index is -0.899. The van der Waals surface area contributed by atoms with E-state index in [0.717, 1.165) is 39.2 Å². The summed E-state index contributed by atoms with van der Waals surface area (Å²) in [5, 5.41) is 9.69. The van der Waals surface area contributed by atoms with E-state index in [-0.39, 0.29) is 23.5 Å². The Kier molecular flexibility index (Phi) is 12.2. The monoisotopic (exact) mass is 508 g/mol. The number of primary amides is 1. The third-order valence-electron chi connectivity index (χ3n) is 5.58. The number of nitrogens with two attached hydrogens (primary N) is 1. The number of nitrogens with one attached hydrogen (secondary N) is 1. The number of pyridine rings is 1. The molecule has 0 bridgehead atoms. The van der Waals surface area contributed by atoms with Crippen LogP contribution in [-0.4, -0.2) is 72.4 Å². The Morgan fingerprint density at radius 1 is 1.22 bits per heavy atom. The second-order valence-electron chi connectivity index (χ2n) is 8.25. The summed E-state index contributed by atoms with van der Waals surface area (Å²) in [7, 11) is 1.00. The van der Waals surface area contributed by atoms with Crippen molar-refractivity contribution < 1.29 is 33.0 Å². The normalized spacial score (nSPS) is 18.9. The molecule has 0 radical (unpaired) electrons. The Balaban J connectivity index is 0.000000239. The number of ether oxygens (including phenoxy) is 2. The number of carbonyl (C=O) groups excluding carboxylic acids is 2. The number of rotatable bonds is 7. The van der Waals surface area contributed by atoms with E-state index in [1.807, 2.05) is 6.92 Å². The van der Waals surface area contributed by atoms with Gasteiger partial charge in [0.1, 0.15) is 18.4 Å². The van der Waals surface area contributed by atoms with Gasteiger partial charge in [0.15, 0.2) is 11.6 Å². The highest BCUT2D eigenvalue weighted by molar-refractivity contribution is 5.96. The summed E-state index contributed by atoms with van der Waals surface area (Å²) >= 11 is 0. The van der Waals surface area contributed by atoms with Crippen molar-refractivity contribution in [1.29, 1.82) is 0 Å². The van der Waals surface area contributed by atoms with Crippen LogP contribution in [0.5, 0.6) is 5.75 Å². The molecule has 3 heterocycles. The SMILES string of the molecule is CC1CCC(C(=O)Nc2ccnc(C(N)=O)c2)O1.CO.Fc1cccc(OCCN2CCCC2)c1F. The molecule has 1 aromatic heterocycles. The Labute approximate surface area is 209 Å². The van der Waals surface area contributed by atoms with Crippen LogP contribution in [0.15, 0.2) is 36.5 Å². The van der Waals surface area contributed by atoms with E-state index in [4.69, 9.17) is 20.3 Å². The van der Waals surface area contributed by atoms with Crippen molar-refractivity contribution in [2.24, 2.45) is 5.73 Å². The molecule has 2 unspecified atom stereocenters. The average molecular weight is 509 g/mol. The van der Waals surface area contributed by atoms with Gasteiger partial charge in [0.25, 0.3) is 11.8 Å². The summed E-state index contributed by atoms with van der Waals surface area (Å²) in [6.07, 6.45) is 5.13. The molecule has 0 saturated carbocycles. The number of hydrogen-bond acceptors (Lipinski definition) is 7. The molecule has 4 N–H and O–H groups in total. The lowest BCUT2D eigenvalue weighted by Crippen LogP contribution is -2.28. The molecule has 2 aromatic rings. The second-order valence-corrected chi connectivity index (χ2v) is 8.25. The zero-order valence-corrected chi connectivity index (χ0v) is 20.6. The van der Waals surface area contributed by atoms with Gasteiger partial charge in [-0.05, 0) is 70.0 Å². The van der Waals surface area contributed by atoms with Crippen molar-refractivity contribution in [3.05, 3.63) is 53.9 Å². The Bertz CT molecular complexity index is 989. The molecule has 2 atom stereocenters. The van der Waals surface area contributed by atoms with Crippen LogP contribution in [0, 0.1) is 11.6 Å². The van der Waals surface area contributed by atoms with E-state index in [1.54, 1.807) is 6.07 Å². The van der Waals surface area contributed by atoms with Crippen molar-refractivity contribution >= 4 is 17.5 Å². The topological polar surface area (TPSA) is 127 Å². The number of benzene rings is 1. The lowest BCUT2D eigenvalue weighted by atomic mass is 10.2. The minimum Gasteiger partial charge on any atom is -0.489 e. The minimum absolute atomic E-state index is 0.000744. The van der Waals surface area contributed by atoms with Gasteiger partial charge in [-0.15, -0.1) is 0 Å². The number of anilines is 1. The first-order valence-electron chi connectivity index (χ1n) is 11.8. The molecule has 0 spiro atoms. The first kappa shape index (κ1) is 29.1. The lowest BCUT2D eigenvalue weighted by molar-refractivity contribution is -0.126. The van der Waals surface area contributed by atoms with E-state index >= 15 is 0 Å². The Morgan fingerprint density at radius 2 is 1.94 bits per heavy atom. The van der Waals surface area contributed by atoms with Gasteiger partial charge in [-0.25, -0.2) is 4.39 Å². The summed E-state index contributed by atoms with van der Waals surface area (Å²) < 4.78 is 36.7. The number of likely N-dealkylation sites (tertiary alicyclic amines) is 1. The van der Waals surface area contributed by atoms with Gasteiger partial charge in [-0.1, -0.05) is 6.07 Å². The average Bonchev–Trinajstić information content (AvgIpc) is 3.56. The largest absolute Gasteiger partial charge is 0.489 e. The maximum Gasteiger partial charge on any atom is 0.267 e. The van der Waals surface area contributed by atoms with Gasteiger partial charge in [0.2, 0.25) is 5.82 Å². The van der Waals surface area contributed by atoms with Crippen LogP contribution in [0.1, 0.15) is 43.1 Å². The molecule has 2 amide bonds. The number of aliphatic hydroxyl groups is 1. The maximum atomic E-state index is 13.2. The molecule has 2 aliphatic heterocycles. The van der Waals surface area contributed by atoms with Gasteiger partial charge in [-0.3, -0.25) is 19.5 Å². The van der Waals surface area contributed by atoms with Crippen LogP contribution >= 0.6 is 0 Å². The zero-order valence-electron chi connectivity index (χ0n) is 20.6. The molecule has 2 aliphatic rings. The van der Waals surface area contributed by atoms with Gasteiger partial charge < -0.3 is 25.6 Å². The number of aromatic nitrogens is 1. The first-order chi connectivity index (χ1) is 17.3. The standard InChI is InChI=1S/C12H15F2NO.C12H15N3O3.CH4O/c13-10-4-3-5-11(12(10)14)16-9-8-15-6-1-2-7-15;1-7-2-3-10(18-7)12(17)15-8-4-5-14-9(6-8)11(13)16;1-2/h3-5H,1-2,6-9H2;4-7,10H,2-3H2,1H3,(H2,13,16)(H,14,15,17);2H,1H3. The molecule has 4 rings (SSSR count). The van der Waals surface area contributed by atoms with E-state index in [1.165, 1.54) is 37.2 Å². The summed E-state index contributed by atoms with van der Waals surface area (Å²) in [5.41, 5.74) is 5.73. The fourth-order valence-corrected chi connectivity index (χ4v) is 3.75. The van der Waals surface area contributed by atoms with Crippen molar-refractivity contribution in [2.45, 2.75) is 44.8 Å². The summed E-state index contributed by atoms with van der Waals surface area (Å²) in [6, 6.07) is 7.02. The summed E-state index contributed by atoms with van der Waals surface area (Å²) in [5.74, 6) is -2.60. The molecule has 1 aromatic carbocycles. The van der Waals surface area contributed by atoms with Crippen LogP contribution in [-0.2, 0) is 9.53 Å². The Hall–Kier alpha value is -3.15. The highest BCUT2D eigenvalue weighted by Crippen LogP contribution is 2.21. The van der Waals surface area contributed by atoms with Crippen LogP contribution in [0.25, 0.3) is 0 Å². The smallest absolute Gasteiger partial charge is 0.267 e. The molecular formula is C25H34F2N4O5. The maximum absolute atomic E-state index is 13.2. The van der Waals surface area contributed by atoms with Crippen LogP contribution in [0.3, 0.4) is 0 Å². The molecule has 36 heavy (non-hydrogen) atoms. The van der Waals surface area contributed by atoms with E-state index < -0.39 is 23.6 Å². The van der Waals surface area contributed by atoms with Crippen molar-refractivity contribution in [3.8, 4) is 5.75 Å². The summed E-state index contributed by atoms with van der Waals surface area (Å²) in [6.45, 7) is 5.27. The van der Waals surface area contributed by atoms with E-state index in [9.17, 15) is 18.4 Å². The number of aliphatic hydroxyl groups excluding tert-OH is 1. The van der Waals surface area contributed by atoms with Gasteiger partial charge in [-0.2, -0.15) is 4.39 Å². The molecule has 0 aliphatic carbocycles. The highest BCUT2D eigenvalue weighted by atomic mass is 19.2. The fraction of sp³-hybridized carbons (Fsp3) is 0.480. The molecule has 9 nitrogen and oxygen atoms in total. The quantitative estimate of drug-likeness (QED) is 0.525. The number of hydrogen-bond donors (Lipinski definition) is 3. The molecule has 198 valence electrons. The first-order valence-corrected chi connectivity index (χ1v) is 11.8. The van der Waals surface area contributed by atoms with Crippen molar-refractivity contribution in [1.82, 2.24) is 9.88 Å². The number of carbonyl (C=O) groups is 2. The summed E-state index contributed by atoms with van der Waals surface area (Å²) in [4.78, 5) is 28.9. The van der Waals surface area contributed by atoms with Gasteiger partial charge in [0, 0.05) is 25.5 Å². The number of nitrogens with zero attached hydrogens (tertiary/aromatic N) is 2. The molecular weight excluding hydrogens is 474 g/mol. The lowest BCUT2D eigenvalue weighted by Gasteiger charge is -2.15. The molecule has 2 fully saturated rings. The highest BCUT2D eigenvalue weighted by Gasteiger charge is 2.28. The van der Waals surface area contributed by atoms with E-state index in [0.29, 0.717) is 18.7 Å². The Morgan fingerprint density at radius 3 is 2.58 bits per heavy atom. The zero-order chi connectivity index (χ0) is 26.5. The van der Waals surface area contributed by atoms with Gasteiger partial charge >= 0.3 is 0 Å². The predicted octanol–water partition coefficient (Wildman–Crippen LogP) is 2.73. The van der Waals surface area contributed by atoms with Crippen LogP contribution in [0.4, 0.5) is 14.5 Å². The van der Waals surface area contributed by atoms with E-state index in [2.05, 4.69) is 15.2 Å². The predicted molar refractivity (Wildman–Crippen MR) is 131 cm³/mol. The van der Waals surface area contributed by atoms with Gasteiger partial charge in [0.05, 0.1) is 6.10 Å². The van der Waals surface area contributed by atoms with Crippen LogP contribution < -0.4 is 15.8 Å². The number of halogens is 2. The van der Waals surface area contributed by atoms with Crippen molar-refractivity contribution in [2.75, 3.05) is 38.7 Å². The fourth-order valence-electron chi connectivity index (χ4n) is 3.75.